The molecule has 0 aliphatic heterocycles. The normalized spacial score (nSPS) is 10.4. The Labute approximate surface area is 168 Å². The second-order valence-electron chi connectivity index (χ2n) is 6.40. The quantitative estimate of drug-likeness (QED) is 0.426. The van der Waals surface area contributed by atoms with E-state index in [9.17, 15) is 19.2 Å². The number of nitrogens with one attached hydrogen (secondary N) is 2. The molecule has 2 aromatic carbocycles. The van der Waals surface area contributed by atoms with Gasteiger partial charge in [0.1, 0.15) is 0 Å². The van der Waals surface area contributed by atoms with Crippen molar-refractivity contribution < 1.29 is 23.9 Å². The fourth-order valence-corrected chi connectivity index (χ4v) is 2.47. The first-order chi connectivity index (χ1) is 13.7. The molecular formula is C22H22N2O5. The highest BCUT2D eigenvalue weighted by molar-refractivity contribution is 6.07. The monoisotopic (exact) mass is 394 g/mol. The van der Waals surface area contributed by atoms with Crippen molar-refractivity contribution >= 4 is 41.0 Å². The summed E-state index contributed by atoms with van der Waals surface area (Å²) in [7, 11) is 0. The minimum absolute atomic E-state index is 0.171. The molecule has 0 aliphatic rings. The van der Waals surface area contributed by atoms with Crippen LogP contribution >= 0.6 is 0 Å². The number of ketones is 1. The van der Waals surface area contributed by atoms with E-state index in [4.69, 9.17) is 4.74 Å². The van der Waals surface area contributed by atoms with Crippen LogP contribution in [0.4, 0.5) is 11.4 Å². The van der Waals surface area contributed by atoms with Gasteiger partial charge in [-0.1, -0.05) is 29.8 Å². The minimum atomic E-state index is -0.658. The molecule has 7 heteroatoms. The fourth-order valence-electron chi connectivity index (χ4n) is 2.47. The third kappa shape index (κ3) is 7.06. The Morgan fingerprint density at radius 3 is 2.21 bits per heavy atom. The SMILES string of the molecule is CC(=O)Nc1ccc(C(=O)COC(=O)/C=C/c2ccc(C)cc2)c(NC(C)=O)c1. The molecule has 0 saturated heterocycles. The Morgan fingerprint density at radius 2 is 1.59 bits per heavy atom. The maximum absolute atomic E-state index is 12.5. The topological polar surface area (TPSA) is 102 Å². The molecule has 0 heterocycles. The largest absolute Gasteiger partial charge is 0.454 e. The molecule has 2 N–H and O–H groups in total. The molecule has 0 unspecified atom stereocenters. The van der Waals surface area contributed by atoms with Crippen LogP contribution in [0.3, 0.4) is 0 Å². The molecular weight excluding hydrogens is 372 g/mol. The van der Waals surface area contributed by atoms with Crippen LogP contribution in [0.5, 0.6) is 0 Å². The van der Waals surface area contributed by atoms with Gasteiger partial charge < -0.3 is 15.4 Å². The molecule has 0 bridgehead atoms. The van der Waals surface area contributed by atoms with E-state index in [2.05, 4.69) is 10.6 Å². The molecule has 0 saturated carbocycles. The first-order valence-electron chi connectivity index (χ1n) is 8.88. The molecule has 0 atom stereocenters. The Hall–Kier alpha value is -3.74. The molecule has 0 aromatic heterocycles. The summed E-state index contributed by atoms with van der Waals surface area (Å²) < 4.78 is 5.00. The number of rotatable bonds is 7. The number of benzene rings is 2. The molecule has 2 aromatic rings. The molecule has 29 heavy (non-hydrogen) atoms. The van der Waals surface area contributed by atoms with Crippen molar-refractivity contribution in [1.29, 1.82) is 0 Å². The van der Waals surface area contributed by atoms with Crippen molar-refractivity contribution in [3.05, 3.63) is 65.2 Å². The maximum Gasteiger partial charge on any atom is 0.331 e. The number of hydrogen-bond donors (Lipinski definition) is 2. The first kappa shape index (κ1) is 21.6. The van der Waals surface area contributed by atoms with Crippen molar-refractivity contribution in [2.24, 2.45) is 0 Å². The highest BCUT2D eigenvalue weighted by Gasteiger charge is 2.15. The van der Waals surface area contributed by atoms with Gasteiger partial charge in [-0.15, -0.1) is 0 Å². The van der Waals surface area contributed by atoms with Crippen LogP contribution in [-0.4, -0.2) is 30.2 Å². The van der Waals surface area contributed by atoms with Crippen LogP contribution in [0.2, 0.25) is 0 Å². The summed E-state index contributed by atoms with van der Waals surface area (Å²) in [6.07, 6.45) is 2.84. The van der Waals surface area contributed by atoms with Gasteiger partial charge in [0.15, 0.2) is 6.61 Å². The van der Waals surface area contributed by atoms with Crippen molar-refractivity contribution in [3.63, 3.8) is 0 Å². The highest BCUT2D eigenvalue weighted by atomic mass is 16.5. The van der Waals surface area contributed by atoms with E-state index < -0.39 is 18.4 Å². The van der Waals surface area contributed by atoms with Crippen LogP contribution in [0.25, 0.3) is 6.08 Å². The molecule has 150 valence electrons. The second kappa shape index (κ2) is 9.98. The second-order valence-corrected chi connectivity index (χ2v) is 6.40. The van der Waals surface area contributed by atoms with Gasteiger partial charge in [0, 0.05) is 31.2 Å². The third-order valence-electron chi connectivity index (χ3n) is 3.79. The van der Waals surface area contributed by atoms with Gasteiger partial charge in [-0.25, -0.2) is 4.79 Å². The maximum atomic E-state index is 12.5. The van der Waals surface area contributed by atoms with Crippen LogP contribution in [-0.2, 0) is 19.1 Å². The van der Waals surface area contributed by atoms with Gasteiger partial charge in [0.2, 0.25) is 17.6 Å². The van der Waals surface area contributed by atoms with Crippen LogP contribution in [0.1, 0.15) is 35.3 Å². The Kier molecular flexibility index (Phi) is 7.42. The predicted octanol–water partition coefficient (Wildman–Crippen LogP) is 3.35. The third-order valence-corrected chi connectivity index (χ3v) is 3.79. The zero-order valence-corrected chi connectivity index (χ0v) is 16.4. The summed E-state index contributed by atoms with van der Waals surface area (Å²) in [5.41, 5.74) is 2.76. The van der Waals surface area contributed by atoms with E-state index in [1.807, 2.05) is 31.2 Å². The van der Waals surface area contributed by atoms with E-state index >= 15 is 0 Å². The Bertz CT molecular complexity index is 962. The fraction of sp³-hybridized carbons (Fsp3) is 0.182. The number of aryl methyl sites for hydroxylation is 1. The van der Waals surface area contributed by atoms with E-state index in [1.165, 1.54) is 38.1 Å². The Morgan fingerprint density at radius 1 is 0.931 bits per heavy atom. The lowest BCUT2D eigenvalue weighted by Crippen LogP contribution is -2.17. The number of amides is 2. The lowest BCUT2D eigenvalue weighted by atomic mass is 10.1. The zero-order chi connectivity index (χ0) is 21.4. The van der Waals surface area contributed by atoms with Crippen molar-refractivity contribution in [2.45, 2.75) is 20.8 Å². The molecule has 2 amide bonds. The van der Waals surface area contributed by atoms with Crippen LogP contribution < -0.4 is 10.6 Å². The van der Waals surface area contributed by atoms with Gasteiger partial charge in [-0.2, -0.15) is 0 Å². The predicted molar refractivity (Wildman–Crippen MR) is 111 cm³/mol. The summed E-state index contributed by atoms with van der Waals surface area (Å²) in [5, 5.41) is 5.12. The van der Waals surface area contributed by atoms with Crippen molar-refractivity contribution in [2.75, 3.05) is 17.2 Å². The molecule has 0 radical (unpaired) electrons. The number of anilines is 2. The summed E-state index contributed by atoms with van der Waals surface area (Å²) in [4.78, 5) is 47.0. The number of carbonyl (C=O) groups excluding carboxylic acids is 4. The minimum Gasteiger partial charge on any atom is -0.454 e. The Balaban J connectivity index is 2.04. The van der Waals surface area contributed by atoms with Gasteiger partial charge in [0.05, 0.1) is 5.69 Å². The molecule has 7 nitrogen and oxygen atoms in total. The highest BCUT2D eigenvalue weighted by Crippen LogP contribution is 2.22. The number of carbonyl (C=O) groups is 4. The van der Waals surface area contributed by atoms with Crippen LogP contribution in [0.15, 0.2) is 48.5 Å². The number of Topliss-reactive ketones (excluding diaryl/α,β-unsaturated/α-hetero) is 1. The summed E-state index contributed by atoms with van der Waals surface area (Å²) in [6, 6.07) is 12.0. The number of ether oxygens (including phenoxy) is 1. The molecule has 0 fully saturated rings. The number of esters is 1. The summed E-state index contributed by atoms with van der Waals surface area (Å²) in [6.45, 7) is 4.13. The lowest BCUT2D eigenvalue weighted by Gasteiger charge is -2.12. The standard InChI is InChI=1S/C22H22N2O5/c1-14-4-6-17(7-5-14)8-11-22(28)29-13-21(27)19-10-9-18(23-15(2)25)12-20(19)24-16(3)26/h4-12H,13H2,1-3H3,(H,23,25)(H,24,26)/b11-8+. The molecule has 0 aliphatic carbocycles. The van der Waals surface area contributed by atoms with E-state index in [1.54, 1.807) is 6.08 Å². The van der Waals surface area contributed by atoms with Crippen molar-refractivity contribution in [3.8, 4) is 0 Å². The lowest BCUT2D eigenvalue weighted by molar-refractivity contribution is -0.136. The zero-order valence-electron chi connectivity index (χ0n) is 16.4. The molecule has 2 rings (SSSR count). The van der Waals surface area contributed by atoms with Gasteiger partial charge in [-0.05, 0) is 36.8 Å². The van der Waals surface area contributed by atoms with Gasteiger partial charge >= 0.3 is 5.97 Å². The summed E-state index contributed by atoms with van der Waals surface area (Å²) >= 11 is 0. The van der Waals surface area contributed by atoms with E-state index in [0.29, 0.717) is 5.69 Å². The van der Waals surface area contributed by atoms with Crippen LogP contribution in [0, 0.1) is 6.92 Å². The average Bonchev–Trinajstić information content (AvgIpc) is 2.65. The van der Waals surface area contributed by atoms with Gasteiger partial charge in [-0.3, -0.25) is 14.4 Å². The smallest absolute Gasteiger partial charge is 0.331 e. The first-order valence-corrected chi connectivity index (χ1v) is 8.88. The number of hydrogen-bond acceptors (Lipinski definition) is 5. The summed E-state index contributed by atoms with van der Waals surface area (Å²) in [5.74, 6) is -1.81. The van der Waals surface area contributed by atoms with E-state index in [-0.39, 0.29) is 23.1 Å². The van der Waals surface area contributed by atoms with Crippen molar-refractivity contribution in [1.82, 2.24) is 0 Å². The van der Waals surface area contributed by atoms with Gasteiger partial charge in [0.25, 0.3) is 0 Å². The van der Waals surface area contributed by atoms with E-state index in [0.717, 1.165) is 11.1 Å². The molecule has 0 spiro atoms. The average molecular weight is 394 g/mol.